The molecule has 1 amide bonds. The Morgan fingerprint density at radius 3 is 2.61 bits per heavy atom. The lowest BCUT2D eigenvalue weighted by Crippen LogP contribution is -2.44. The summed E-state index contributed by atoms with van der Waals surface area (Å²) in [5.41, 5.74) is 0. The molecule has 5 nitrogen and oxygen atoms in total. The highest BCUT2D eigenvalue weighted by atomic mass is 32.2. The highest BCUT2D eigenvalue weighted by Crippen LogP contribution is 2.16. The third-order valence-electron chi connectivity index (χ3n) is 2.08. The van der Waals surface area contributed by atoms with Gasteiger partial charge in [-0.15, -0.1) is 11.8 Å². The summed E-state index contributed by atoms with van der Waals surface area (Å²) >= 11 is 1.35. The summed E-state index contributed by atoms with van der Waals surface area (Å²) in [5.74, 6) is -1.25. The van der Waals surface area contributed by atoms with Gasteiger partial charge in [0.1, 0.15) is 0 Å². The molecule has 0 bridgehead atoms. The van der Waals surface area contributed by atoms with Gasteiger partial charge in [-0.25, -0.2) is 4.79 Å². The summed E-state index contributed by atoms with van der Waals surface area (Å²) < 4.78 is 4.73. The van der Waals surface area contributed by atoms with Gasteiger partial charge in [-0.3, -0.25) is 4.79 Å². The number of carbonyl (C=O) groups is 2. The van der Waals surface area contributed by atoms with Gasteiger partial charge >= 0.3 is 5.97 Å². The molecule has 0 aliphatic carbocycles. The first kappa shape index (κ1) is 14.5. The Labute approximate surface area is 110 Å². The predicted molar refractivity (Wildman–Crippen MR) is 68.6 cm³/mol. The average molecular weight is 269 g/mol. The van der Waals surface area contributed by atoms with Crippen LogP contribution in [-0.2, 0) is 14.3 Å². The fraction of sp³-hybridized carbons (Fsp3) is 0.333. The molecule has 98 valence electrons. The molecule has 0 saturated carbocycles. The van der Waals surface area contributed by atoms with Crippen molar-refractivity contribution in [1.82, 2.24) is 5.32 Å². The molecule has 0 aliphatic rings. The maximum atomic E-state index is 11.6. The maximum absolute atomic E-state index is 11.6. The fourth-order valence-corrected chi connectivity index (χ4v) is 1.97. The number of carboxylic acids is 1. The summed E-state index contributed by atoms with van der Waals surface area (Å²) in [4.78, 5) is 23.3. The van der Waals surface area contributed by atoms with E-state index in [1.807, 2.05) is 30.3 Å². The summed E-state index contributed by atoms with van der Waals surface area (Å²) in [5, 5.41) is 11.2. The normalized spacial score (nSPS) is 11.8. The topological polar surface area (TPSA) is 75.6 Å². The zero-order chi connectivity index (χ0) is 13.4. The van der Waals surface area contributed by atoms with Crippen LogP contribution in [0.1, 0.15) is 0 Å². The minimum absolute atomic E-state index is 0.0446. The van der Waals surface area contributed by atoms with E-state index in [2.05, 4.69) is 5.32 Å². The molecular formula is C12H15NO4S. The van der Waals surface area contributed by atoms with Crippen molar-refractivity contribution in [1.29, 1.82) is 0 Å². The number of amides is 1. The molecule has 0 saturated heterocycles. The van der Waals surface area contributed by atoms with Gasteiger partial charge in [-0.05, 0) is 12.1 Å². The molecular weight excluding hydrogens is 254 g/mol. The molecule has 18 heavy (non-hydrogen) atoms. The Bertz CT molecular complexity index is 396. The SMILES string of the molecule is COCC(NC(=O)CSc1ccccc1)C(=O)O. The lowest BCUT2D eigenvalue weighted by atomic mass is 10.3. The molecule has 6 heteroatoms. The number of aliphatic carboxylic acids is 1. The maximum Gasteiger partial charge on any atom is 0.328 e. The van der Waals surface area contributed by atoms with E-state index in [0.717, 1.165) is 4.90 Å². The number of benzene rings is 1. The first-order valence-corrected chi connectivity index (χ1v) is 6.31. The standard InChI is InChI=1S/C12H15NO4S/c1-17-7-10(12(15)16)13-11(14)8-18-9-5-3-2-4-6-9/h2-6,10H,7-8H2,1H3,(H,13,14)(H,15,16). The molecule has 0 spiro atoms. The number of nitrogens with one attached hydrogen (secondary N) is 1. The van der Waals surface area contributed by atoms with Crippen LogP contribution >= 0.6 is 11.8 Å². The lowest BCUT2D eigenvalue weighted by molar-refractivity contribution is -0.142. The van der Waals surface area contributed by atoms with E-state index >= 15 is 0 Å². The molecule has 0 aromatic heterocycles. The van der Waals surface area contributed by atoms with E-state index in [9.17, 15) is 9.59 Å². The van der Waals surface area contributed by atoms with Gasteiger partial charge < -0.3 is 15.2 Å². The number of methoxy groups -OCH3 is 1. The van der Waals surface area contributed by atoms with Crippen LogP contribution in [0.4, 0.5) is 0 Å². The molecule has 1 atom stereocenters. The van der Waals surface area contributed by atoms with Crippen molar-refractivity contribution in [2.45, 2.75) is 10.9 Å². The minimum atomic E-state index is -1.10. The van der Waals surface area contributed by atoms with Crippen molar-refractivity contribution in [2.75, 3.05) is 19.5 Å². The van der Waals surface area contributed by atoms with Crippen LogP contribution in [0.15, 0.2) is 35.2 Å². The van der Waals surface area contributed by atoms with Crippen molar-refractivity contribution in [2.24, 2.45) is 0 Å². The molecule has 1 rings (SSSR count). The first-order valence-electron chi connectivity index (χ1n) is 5.32. The Morgan fingerprint density at radius 1 is 1.39 bits per heavy atom. The second kappa shape index (κ2) is 7.73. The van der Waals surface area contributed by atoms with Gasteiger partial charge in [0.25, 0.3) is 0 Å². The predicted octanol–water partition coefficient (Wildman–Crippen LogP) is 0.995. The number of rotatable bonds is 7. The van der Waals surface area contributed by atoms with Gasteiger partial charge in [0.2, 0.25) is 5.91 Å². The summed E-state index contributed by atoms with van der Waals surface area (Å²) in [6, 6.07) is 8.43. The molecule has 1 aromatic carbocycles. The highest BCUT2D eigenvalue weighted by Gasteiger charge is 2.19. The Morgan fingerprint density at radius 2 is 2.06 bits per heavy atom. The molecule has 1 aromatic rings. The molecule has 0 fully saturated rings. The van der Waals surface area contributed by atoms with E-state index < -0.39 is 12.0 Å². The number of carboxylic acid groups (broad SMARTS) is 1. The zero-order valence-electron chi connectivity index (χ0n) is 9.96. The molecule has 0 heterocycles. The summed E-state index contributed by atoms with van der Waals surface area (Å²) in [6.45, 7) is -0.0446. The van der Waals surface area contributed by atoms with E-state index in [-0.39, 0.29) is 18.3 Å². The van der Waals surface area contributed by atoms with E-state index in [1.54, 1.807) is 0 Å². The molecule has 0 radical (unpaired) electrons. The molecule has 0 aliphatic heterocycles. The quantitative estimate of drug-likeness (QED) is 0.722. The average Bonchev–Trinajstić information content (AvgIpc) is 2.37. The van der Waals surface area contributed by atoms with Crippen LogP contribution in [0.25, 0.3) is 0 Å². The monoisotopic (exact) mass is 269 g/mol. The van der Waals surface area contributed by atoms with Crippen LogP contribution in [0, 0.1) is 0 Å². The highest BCUT2D eigenvalue weighted by molar-refractivity contribution is 8.00. The first-order chi connectivity index (χ1) is 8.63. The fourth-order valence-electron chi connectivity index (χ4n) is 1.24. The van der Waals surface area contributed by atoms with E-state index in [1.165, 1.54) is 18.9 Å². The largest absolute Gasteiger partial charge is 0.480 e. The van der Waals surface area contributed by atoms with Gasteiger partial charge in [0.05, 0.1) is 12.4 Å². The zero-order valence-corrected chi connectivity index (χ0v) is 10.8. The Hall–Kier alpha value is -1.53. The van der Waals surface area contributed by atoms with E-state index in [0.29, 0.717) is 0 Å². The van der Waals surface area contributed by atoms with Crippen molar-refractivity contribution >= 4 is 23.6 Å². The molecule has 2 N–H and O–H groups in total. The van der Waals surface area contributed by atoms with Crippen molar-refractivity contribution in [3.8, 4) is 0 Å². The Kier molecular flexibility index (Phi) is 6.24. The summed E-state index contributed by atoms with van der Waals surface area (Å²) in [6.07, 6.45) is 0. The number of thioether (sulfide) groups is 1. The lowest BCUT2D eigenvalue weighted by Gasteiger charge is -2.13. The Balaban J connectivity index is 2.39. The van der Waals surface area contributed by atoms with Crippen LogP contribution in [0.3, 0.4) is 0 Å². The van der Waals surface area contributed by atoms with Crippen molar-refractivity contribution < 1.29 is 19.4 Å². The van der Waals surface area contributed by atoms with Gasteiger partial charge in [0, 0.05) is 12.0 Å². The second-order valence-electron chi connectivity index (χ2n) is 3.52. The third-order valence-corrected chi connectivity index (χ3v) is 3.09. The van der Waals surface area contributed by atoms with Gasteiger partial charge in [0.15, 0.2) is 6.04 Å². The second-order valence-corrected chi connectivity index (χ2v) is 4.56. The van der Waals surface area contributed by atoms with E-state index in [4.69, 9.17) is 9.84 Å². The number of ether oxygens (including phenoxy) is 1. The third kappa shape index (κ3) is 5.20. The van der Waals surface area contributed by atoms with Crippen molar-refractivity contribution in [3.63, 3.8) is 0 Å². The van der Waals surface area contributed by atoms with Gasteiger partial charge in [-0.2, -0.15) is 0 Å². The van der Waals surface area contributed by atoms with Crippen LogP contribution in [0.2, 0.25) is 0 Å². The summed E-state index contributed by atoms with van der Waals surface area (Å²) in [7, 11) is 1.39. The molecule has 1 unspecified atom stereocenters. The van der Waals surface area contributed by atoms with Crippen molar-refractivity contribution in [3.05, 3.63) is 30.3 Å². The number of hydrogen-bond acceptors (Lipinski definition) is 4. The van der Waals surface area contributed by atoms with Crippen LogP contribution in [0.5, 0.6) is 0 Å². The number of hydrogen-bond donors (Lipinski definition) is 2. The van der Waals surface area contributed by atoms with Crippen LogP contribution in [-0.4, -0.2) is 42.5 Å². The van der Waals surface area contributed by atoms with Crippen LogP contribution < -0.4 is 5.32 Å². The minimum Gasteiger partial charge on any atom is -0.480 e. The smallest absolute Gasteiger partial charge is 0.328 e. The van der Waals surface area contributed by atoms with Gasteiger partial charge in [-0.1, -0.05) is 18.2 Å². The number of carbonyl (C=O) groups excluding carboxylic acids is 1.